The Bertz CT molecular complexity index is 777. The number of nitrogens with one attached hydrogen (secondary N) is 1. The average molecular weight is 344 g/mol. The van der Waals surface area contributed by atoms with Gasteiger partial charge in [-0.15, -0.1) is 0 Å². The molecule has 0 unspecified atom stereocenters. The normalized spacial score (nSPS) is 20.2. The van der Waals surface area contributed by atoms with Crippen LogP contribution < -0.4 is 10.2 Å². The van der Waals surface area contributed by atoms with Gasteiger partial charge < -0.3 is 15.0 Å². The molecule has 2 aliphatic rings. The molecule has 0 radical (unpaired) electrons. The van der Waals surface area contributed by atoms with Crippen LogP contribution in [0, 0.1) is 6.92 Å². The number of hydrogen-bond donors (Lipinski definition) is 1. The molecule has 0 bridgehead atoms. The van der Waals surface area contributed by atoms with Gasteiger partial charge in [-0.25, -0.2) is 14.6 Å². The molecule has 1 N–H and O–H groups in total. The van der Waals surface area contributed by atoms with Crippen LogP contribution in [0.2, 0.25) is 0 Å². The molecule has 9 nitrogen and oxygen atoms in total. The molecule has 0 saturated carbocycles. The summed E-state index contributed by atoms with van der Waals surface area (Å²) < 4.78 is 10.0. The number of piperidine rings is 1. The summed E-state index contributed by atoms with van der Waals surface area (Å²) in [6, 6.07) is 0.0142. The molecule has 1 amide bonds. The van der Waals surface area contributed by atoms with E-state index in [1.54, 1.807) is 6.92 Å². The molecule has 25 heavy (non-hydrogen) atoms. The standard InChI is InChI=1S/C16H20N6O3/c1-10-14(21-25-20-10)15(23)18-12-3-2-5-22(8-12)16-17-7-11-9-24-6-4-13(11)19-16/h7,12H,2-6,8-9H2,1H3,(H,18,23)/t12-/m1/s1. The van der Waals surface area contributed by atoms with Crippen molar-refractivity contribution in [3.8, 4) is 0 Å². The minimum Gasteiger partial charge on any atom is -0.376 e. The minimum absolute atomic E-state index is 0.0142. The number of amides is 1. The summed E-state index contributed by atoms with van der Waals surface area (Å²) in [7, 11) is 0. The lowest BCUT2D eigenvalue weighted by Crippen LogP contribution is -2.48. The van der Waals surface area contributed by atoms with Crippen LogP contribution >= 0.6 is 0 Å². The van der Waals surface area contributed by atoms with Gasteiger partial charge in [0, 0.05) is 37.3 Å². The highest BCUT2D eigenvalue weighted by Gasteiger charge is 2.26. The van der Waals surface area contributed by atoms with E-state index < -0.39 is 0 Å². The SMILES string of the molecule is Cc1nonc1C(=O)N[C@@H]1CCCN(c2ncc3c(n2)CCOC3)C1. The fraction of sp³-hybridized carbons (Fsp3) is 0.562. The van der Waals surface area contributed by atoms with Crippen LogP contribution in [-0.4, -0.2) is 51.9 Å². The first kappa shape index (κ1) is 15.9. The number of rotatable bonds is 3. The van der Waals surface area contributed by atoms with Crippen molar-refractivity contribution in [3.05, 3.63) is 28.8 Å². The molecule has 4 heterocycles. The highest BCUT2D eigenvalue weighted by atomic mass is 16.6. The zero-order valence-electron chi connectivity index (χ0n) is 14.1. The van der Waals surface area contributed by atoms with Gasteiger partial charge >= 0.3 is 0 Å². The quantitative estimate of drug-likeness (QED) is 0.864. The van der Waals surface area contributed by atoms with Gasteiger partial charge in [-0.2, -0.15) is 0 Å². The molecule has 0 spiro atoms. The van der Waals surface area contributed by atoms with Crippen LogP contribution in [0.4, 0.5) is 5.95 Å². The molecule has 9 heteroatoms. The van der Waals surface area contributed by atoms with Crippen molar-refractivity contribution in [1.82, 2.24) is 25.6 Å². The summed E-state index contributed by atoms with van der Waals surface area (Å²) in [5.74, 6) is 0.466. The molecule has 132 valence electrons. The molecule has 0 aromatic carbocycles. The zero-order valence-corrected chi connectivity index (χ0v) is 14.1. The maximum absolute atomic E-state index is 12.3. The van der Waals surface area contributed by atoms with Crippen molar-refractivity contribution in [2.24, 2.45) is 0 Å². The number of nitrogens with zero attached hydrogens (tertiary/aromatic N) is 5. The first-order chi connectivity index (χ1) is 12.2. The Morgan fingerprint density at radius 2 is 2.32 bits per heavy atom. The maximum atomic E-state index is 12.3. The van der Waals surface area contributed by atoms with E-state index in [1.165, 1.54) is 0 Å². The van der Waals surface area contributed by atoms with E-state index >= 15 is 0 Å². The Morgan fingerprint density at radius 1 is 1.40 bits per heavy atom. The molecule has 2 aliphatic heterocycles. The van der Waals surface area contributed by atoms with Crippen molar-refractivity contribution in [1.29, 1.82) is 0 Å². The fourth-order valence-corrected chi connectivity index (χ4v) is 3.24. The first-order valence-electron chi connectivity index (χ1n) is 8.48. The van der Waals surface area contributed by atoms with E-state index in [1.807, 2.05) is 6.20 Å². The van der Waals surface area contributed by atoms with Gasteiger partial charge in [0.1, 0.15) is 5.69 Å². The van der Waals surface area contributed by atoms with E-state index in [-0.39, 0.29) is 17.6 Å². The summed E-state index contributed by atoms with van der Waals surface area (Å²) in [6.45, 7) is 4.54. The molecule has 2 aromatic heterocycles. The van der Waals surface area contributed by atoms with E-state index in [0.717, 1.165) is 43.0 Å². The largest absolute Gasteiger partial charge is 0.376 e. The third kappa shape index (κ3) is 3.32. The summed E-state index contributed by atoms with van der Waals surface area (Å²) in [5, 5.41) is 10.3. The van der Waals surface area contributed by atoms with Crippen molar-refractivity contribution in [3.63, 3.8) is 0 Å². The predicted octanol–water partition coefficient (Wildman–Crippen LogP) is 0.640. The van der Waals surface area contributed by atoms with Crippen LogP contribution in [0.1, 0.15) is 40.3 Å². The molecule has 1 saturated heterocycles. The van der Waals surface area contributed by atoms with Gasteiger partial charge in [-0.3, -0.25) is 4.79 Å². The van der Waals surface area contributed by atoms with Crippen molar-refractivity contribution in [2.75, 3.05) is 24.6 Å². The number of anilines is 1. The number of fused-ring (bicyclic) bond motifs is 1. The summed E-state index contributed by atoms with van der Waals surface area (Å²) in [6.07, 6.45) is 4.54. The monoisotopic (exact) mass is 344 g/mol. The molecular weight excluding hydrogens is 324 g/mol. The van der Waals surface area contributed by atoms with E-state index in [2.05, 4.69) is 30.1 Å². The average Bonchev–Trinajstić information content (AvgIpc) is 3.07. The van der Waals surface area contributed by atoms with Crippen LogP contribution in [0.25, 0.3) is 0 Å². The Morgan fingerprint density at radius 3 is 3.16 bits per heavy atom. The Labute approximate surface area is 144 Å². The second kappa shape index (κ2) is 6.75. The van der Waals surface area contributed by atoms with Crippen LogP contribution in [0.3, 0.4) is 0 Å². The first-order valence-corrected chi connectivity index (χ1v) is 8.48. The lowest BCUT2D eigenvalue weighted by Gasteiger charge is -2.33. The van der Waals surface area contributed by atoms with Gasteiger partial charge in [-0.1, -0.05) is 5.16 Å². The Hall–Kier alpha value is -2.55. The molecule has 2 aromatic rings. The smallest absolute Gasteiger partial charge is 0.275 e. The fourth-order valence-electron chi connectivity index (χ4n) is 3.24. The lowest BCUT2D eigenvalue weighted by atomic mass is 10.1. The summed E-state index contributed by atoms with van der Waals surface area (Å²) in [5.41, 5.74) is 2.85. The topological polar surface area (TPSA) is 106 Å². The van der Waals surface area contributed by atoms with Crippen LogP contribution in [-0.2, 0) is 17.8 Å². The molecule has 0 aliphatic carbocycles. The number of carbonyl (C=O) groups is 1. The predicted molar refractivity (Wildman–Crippen MR) is 87.1 cm³/mol. The van der Waals surface area contributed by atoms with Crippen molar-refractivity contribution >= 4 is 11.9 Å². The summed E-state index contributed by atoms with van der Waals surface area (Å²) in [4.78, 5) is 23.6. The van der Waals surface area contributed by atoms with Gasteiger partial charge in [-0.05, 0) is 24.9 Å². The number of carbonyl (C=O) groups excluding carboxylic acids is 1. The van der Waals surface area contributed by atoms with Crippen molar-refractivity contribution in [2.45, 2.75) is 38.8 Å². The van der Waals surface area contributed by atoms with E-state index in [4.69, 9.17) is 9.72 Å². The Kier molecular flexibility index (Phi) is 4.31. The van der Waals surface area contributed by atoms with Gasteiger partial charge in [0.05, 0.1) is 18.9 Å². The molecular formula is C16H20N6O3. The molecule has 4 rings (SSSR count). The molecule has 1 fully saturated rings. The van der Waals surface area contributed by atoms with Gasteiger partial charge in [0.25, 0.3) is 5.91 Å². The highest BCUT2D eigenvalue weighted by Crippen LogP contribution is 2.20. The van der Waals surface area contributed by atoms with Gasteiger partial charge in [0.15, 0.2) is 5.69 Å². The number of aromatic nitrogens is 4. The second-order valence-electron chi connectivity index (χ2n) is 6.40. The third-order valence-electron chi connectivity index (χ3n) is 4.59. The van der Waals surface area contributed by atoms with Crippen molar-refractivity contribution < 1.29 is 14.2 Å². The third-order valence-corrected chi connectivity index (χ3v) is 4.59. The van der Waals surface area contributed by atoms with Crippen LogP contribution in [0.15, 0.2) is 10.8 Å². The number of aryl methyl sites for hydroxylation is 1. The molecule has 1 atom stereocenters. The highest BCUT2D eigenvalue weighted by molar-refractivity contribution is 5.93. The number of ether oxygens (including phenoxy) is 1. The van der Waals surface area contributed by atoms with Gasteiger partial charge in [0.2, 0.25) is 5.95 Å². The van der Waals surface area contributed by atoms with Crippen LogP contribution in [0.5, 0.6) is 0 Å². The van der Waals surface area contributed by atoms with E-state index in [0.29, 0.717) is 25.5 Å². The number of hydrogen-bond acceptors (Lipinski definition) is 8. The summed E-state index contributed by atoms with van der Waals surface area (Å²) >= 11 is 0. The second-order valence-corrected chi connectivity index (χ2v) is 6.40. The zero-order chi connectivity index (χ0) is 17.2. The Balaban J connectivity index is 1.44. The maximum Gasteiger partial charge on any atom is 0.275 e. The van der Waals surface area contributed by atoms with E-state index in [9.17, 15) is 4.79 Å². The minimum atomic E-state index is -0.255. The lowest BCUT2D eigenvalue weighted by molar-refractivity contribution is 0.0922.